The number of piperidine rings is 1. The highest BCUT2D eigenvalue weighted by Gasteiger charge is 2.14. The van der Waals surface area contributed by atoms with E-state index in [1.54, 1.807) is 6.33 Å². The predicted octanol–water partition coefficient (Wildman–Crippen LogP) is 2.17. The largest absolute Gasteiger partial charge is 0.357 e. The lowest BCUT2D eigenvalue weighted by atomic mass is 10.1. The van der Waals surface area contributed by atoms with Gasteiger partial charge in [-0.3, -0.25) is 5.10 Å². The molecule has 0 bridgehead atoms. The molecule has 0 amide bonds. The van der Waals surface area contributed by atoms with Crippen LogP contribution in [0.1, 0.15) is 25.0 Å². The second-order valence-corrected chi connectivity index (χ2v) is 4.72. The van der Waals surface area contributed by atoms with E-state index >= 15 is 0 Å². The molecule has 2 aromatic heterocycles. The quantitative estimate of drug-likeness (QED) is 0.878. The van der Waals surface area contributed by atoms with Gasteiger partial charge in [0.05, 0.1) is 11.9 Å². The van der Waals surface area contributed by atoms with Crippen LogP contribution in [0.5, 0.6) is 0 Å². The number of H-pyrrole nitrogens is 1. The maximum atomic E-state index is 4.39. The van der Waals surface area contributed by atoms with Crippen molar-refractivity contribution < 1.29 is 0 Å². The smallest absolute Gasteiger partial charge is 0.132 e. The van der Waals surface area contributed by atoms with Crippen LogP contribution in [0.3, 0.4) is 0 Å². The van der Waals surface area contributed by atoms with Gasteiger partial charge in [0.2, 0.25) is 0 Å². The van der Waals surface area contributed by atoms with Crippen molar-refractivity contribution in [2.75, 3.05) is 18.0 Å². The number of aromatic amines is 1. The number of aryl methyl sites for hydroxylation is 1. The standard InChI is InChI=1S/C13H17N5/c1-10-11(8-16-17-10)12-7-13(15-9-14-12)18-5-3-2-4-6-18/h7-9H,2-6H2,1H3,(H,16,17). The molecule has 0 spiro atoms. The molecule has 5 heteroatoms. The summed E-state index contributed by atoms with van der Waals surface area (Å²) in [4.78, 5) is 11.1. The van der Waals surface area contributed by atoms with Crippen molar-refractivity contribution in [3.8, 4) is 11.3 Å². The Morgan fingerprint density at radius 1 is 1.17 bits per heavy atom. The van der Waals surface area contributed by atoms with Crippen LogP contribution in [0.2, 0.25) is 0 Å². The van der Waals surface area contributed by atoms with E-state index in [1.165, 1.54) is 19.3 Å². The zero-order valence-electron chi connectivity index (χ0n) is 10.6. The fraction of sp³-hybridized carbons (Fsp3) is 0.462. The van der Waals surface area contributed by atoms with Gasteiger partial charge >= 0.3 is 0 Å². The van der Waals surface area contributed by atoms with Gasteiger partial charge in [-0.25, -0.2) is 9.97 Å². The first-order chi connectivity index (χ1) is 8.84. The minimum absolute atomic E-state index is 0.942. The highest BCUT2D eigenvalue weighted by molar-refractivity contribution is 5.63. The molecule has 1 fully saturated rings. The summed E-state index contributed by atoms with van der Waals surface area (Å²) in [5.41, 5.74) is 3.03. The lowest BCUT2D eigenvalue weighted by molar-refractivity contribution is 0.573. The van der Waals surface area contributed by atoms with Gasteiger partial charge in [0.25, 0.3) is 0 Å². The van der Waals surface area contributed by atoms with Crippen molar-refractivity contribution in [3.63, 3.8) is 0 Å². The summed E-state index contributed by atoms with van der Waals surface area (Å²) in [7, 11) is 0. The van der Waals surface area contributed by atoms with Crippen LogP contribution < -0.4 is 4.90 Å². The topological polar surface area (TPSA) is 57.7 Å². The third kappa shape index (κ3) is 2.08. The van der Waals surface area contributed by atoms with E-state index in [0.29, 0.717) is 0 Å². The third-order valence-electron chi connectivity index (χ3n) is 3.44. The molecule has 0 saturated carbocycles. The minimum Gasteiger partial charge on any atom is -0.357 e. The molecule has 3 heterocycles. The molecule has 1 aliphatic heterocycles. The van der Waals surface area contributed by atoms with E-state index in [0.717, 1.165) is 35.9 Å². The maximum Gasteiger partial charge on any atom is 0.132 e. The van der Waals surface area contributed by atoms with Gasteiger partial charge in [0.1, 0.15) is 12.1 Å². The Hall–Kier alpha value is -1.91. The Labute approximate surface area is 106 Å². The van der Waals surface area contributed by atoms with Crippen LogP contribution in [0.15, 0.2) is 18.6 Å². The summed E-state index contributed by atoms with van der Waals surface area (Å²) in [5, 5.41) is 6.98. The van der Waals surface area contributed by atoms with Crippen molar-refractivity contribution in [3.05, 3.63) is 24.3 Å². The molecule has 94 valence electrons. The molecule has 5 nitrogen and oxygen atoms in total. The van der Waals surface area contributed by atoms with Gasteiger partial charge in [-0.05, 0) is 26.2 Å². The summed E-state index contributed by atoms with van der Waals surface area (Å²) < 4.78 is 0. The average Bonchev–Trinajstić information content (AvgIpc) is 2.86. The Morgan fingerprint density at radius 3 is 2.72 bits per heavy atom. The average molecular weight is 243 g/mol. The molecule has 0 aromatic carbocycles. The van der Waals surface area contributed by atoms with E-state index in [2.05, 4.69) is 31.1 Å². The van der Waals surface area contributed by atoms with Gasteiger partial charge in [-0.15, -0.1) is 0 Å². The summed E-state index contributed by atoms with van der Waals surface area (Å²) >= 11 is 0. The van der Waals surface area contributed by atoms with Crippen LogP contribution in [0.4, 0.5) is 5.82 Å². The molecule has 1 saturated heterocycles. The predicted molar refractivity (Wildman–Crippen MR) is 70.4 cm³/mol. The number of hydrogen-bond acceptors (Lipinski definition) is 4. The van der Waals surface area contributed by atoms with Crippen molar-refractivity contribution in [1.29, 1.82) is 0 Å². The first-order valence-electron chi connectivity index (χ1n) is 6.42. The second kappa shape index (κ2) is 4.76. The van der Waals surface area contributed by atoms with Crippen LogP contribution in [0, 0.1) is 6.92 Å². The summed E-state index contributed by atoms with van der Waals surface area (Å²) in [6, 6.07) is 2.06. The molecule has 0 aliphatic carbocycles. The van der Waals surface area contributed by atoms with Crippen LogP contribution in [0.25, 0.3) is 11.3 Å². The first kappa shape index (κ1) is 11.2. The molecule has 2 aromatic rings. The summed E-state index contributed by atoms with van der Waals surface area (Å²) in [6.45, 7) is 4.20. The van der Waals surface area contributed by atoms with Gasteiger partial charge in [0.15, 0.2) is 0 Å². The molecule has 18 heavy (non-hydrogen) atoms. The van der Waals surface area contributed by atoms with Gasteiger partial charge in [-0.2, -0.15) is 5.10 Å². The molecule has 0 unspecified atom stereocenters. The lowest BCUT2D eigenvalue weighted by Crippen LogP contribution is -2.30. The second-order valence-electron chi connectivity index (χ2n) is 4.72. The molecule has 1 aliphatic rings. The molecular weight excluding hydrogens is 226 g/mol. The van der Waals surface area contributed by atoms with Gasteiger partial charge in [-0.1, -0.05) is 0 Å². The van der Waals surface area contributed by atoms with Crippen molar-refractivity contribution in [1.82, 2.24) is 20.2 Å². The number of nitrogens with one attached hydrogen (secondary N) is 1. The highest BCUT2D eigenvalue weighted by Crippen LogP contribution is 2.23. The first-order valence-corrected chi connectivity index (χ1v) is 6.42. The fourth-order valence-electron chi connectivity index (χ4n) is 2.40. The number of anilines is 1. The molecule has 3 rings (SSSR count). The van der Waals surface area contributed by atoms with E-state index in [-0.39, 0.29) is 0 Å². The number of nitrogens with zero attached hydrogens (tertiary/aromatic N) is 4. The molecule has 1 N–H and O–H groups in total. The molecule has 0 radical (unpaired) electrons. The van der Waals surface area contributed by atoms with E-state index in [9.17, 15) is 0 Å². The maximum absolute atomic E-state index is 4.39. The van der Waals surface area contributed by atoms with E-state index < -0.39 is 0 Å². The zero-order valence-corrected chi connectivity index (χ0v) is 10.6. The van der Waals surface area contributed by atoms with Crippen molar-refractivity contribution in [2.45, 2.75) is 26.2 Å². The Morgan fingerprint density at radius 2 is 2.00 bits per heavy atom. The normalized spacial score (nSPS) is 15.9. The van der Waals surface area contributed by atoms with Crippen molar-refractivity contribution >= 4 is 5.82 Å². The van der Waals surface area contributed by atoms with Crippen LogP contribution in [-0.2, 0) is 0 Å². The Balaban J connectivity index is 1.91. The lowest BCUT2D eigenvalue weighted by Gasteiger charge is -2.27. The Kier molecular flexibility index (Phi) is 2.96. The van der Waals surface area contributed by atoms with E-state index in [4.69, 9.17) is 0 Å². The zero-order chi connectivity index (χ0) is 12.4. The van der Waals surface area contributed by atoms with Crippen molar-refractivity contribution in [2.24, 2.45) is 0 Å². The van der Waals surface area contributed by atoms with Gasteiger partial charge < -0.3 is 4.90 Å². The number of aromatic nitrogens is 4. The fourth-order valence-corrected chi connectivity index (χ4v) is 2.40. The summed E-state index contributed by atoms with van der Waals surface area (Å²) in [5.74, 6) is 1.03. The number of hydrogen-bond donors (Lipinski definition) is 1. The Bertz CT molecular complexity index is 528. The number of rotatable bonds is 2. The SMILES string of the molecule is Cc1[nH]ncc1-c1cc(N2CCCCC2)ncn1. The summed E-state index contributed by atoms with van der Waals surface area (Å²) in [6.07, 6.45) is 7.30. The monoisotopic (exact) mass is 243 g/mol. The third-order valence-corrected chi connectivity index (χ3v) is 3.44. The van der Waals surface area contributed by atoms with Gasteiger partial charge in [0, 0.05) is 30.4 Å². The van der Waals surface area contributed by atoms with Crippen LogP contribution >= 0.6 is 0 Å². The molecule has 0 atom stereocenters. The van der Waals surface area contributed by atoms with E-state index in [1.807, 2.05) is 13.1 Å². The highest BCUT2D eigenvalue weighted by atomic mass is 15.2. The minimum atomic E-state index is 0.942. The molecular formula is C13H17N5. The van der Waals surface area contributed by atoms with Crippen LogP contribution in [-0.4, -0.2) is 33.3 Å².